The fraction of sp³-hybridized carbons (Fsp3) is 0.875. The number of alkyl carbamates (subject to hydrolysis) is 1. The van der Waals surface area contributed by atoms with E-state index in [1.165, 1.54) is 0 Å². The zero-order valence-electron chi connectivity index (χ0n) is 14.9. The average molecular weight is 329 g/mol. The van der Waals surface area contributed by atoms with Gasteiger partial charge >= 0.3 is 6.09 Å². The van der Waals surface area contributed by atoms with Crippen molar-refractivity contribution in [2.45, 2.75) is 52.9 Å². The van der Waals surface area contributed by atoms with Crippen LogP contribution in [0.1, 0.15) is 34.6 Å². The second kappa shape index (κ2) is 9.72. The van der Waals surface area contributed by atoms with Crippen molar-refractivity contribution in [1.82, 2.24) is 15.5 Å². The van der Waals surface area contributed by atoms with Gasteiger partial charge in [-0.2, -0.15) is 0 Å². The number of morpholine rings is 1. The van der Waals surface area contributed by atoms with Crippen LogP contribution in [0, 0.1) is 5.92 Å². The van der Waals surface area contributed by atoms with Crippen molar-refractivity contribution < 1.29 is 19.1 Å². The monoisotopic (exact) mass is 329 g/mol. The maximum atomic E-state index is 12.3. The van der Waals surface area contributed by atoms with E-state index in [1.807, 2.05) is 13.8 Å². The first-order valence-corrected chi connectivity index (χ1v) is 8.42. The van der Waals surface area contributed by atoms with Crippen LogP contribution in [-0.4, -0.2) is 67.9 Å². The van der Waals surface area contributed by atoms with Gasteiger partial charge in [-0.05, 0) is 26.7 Å². The highest BCUT2D eigenvalue weighted by atomic mass is 16.5. The second-order valence-corrected chi connectivity index (χ2v) is 6.39. The molecule has 3 unspecified atom stereocenters. The molecule has 7 nitrogen and oxygen atoms in total. The number of amides is 2. The molecule has 0 spiro atoms. The fourth-order valence-electron chi connectivity index (χ4n) is 2.75. The normalized spacial score (nSPS) is 23.4. The largest absolute Gasteiger partial charge is 0.450 e. The van der Waals surface area contributed by atoms with Crippen molar-refractivity contribution in [1.29, 1.82) is 0 Å². The number of ether oxygens (including phenoxy) is 2. The van der Waals surface area contributed by atoms with Crippen molar-refractivity contribution >= 4 is 12.0 Å². The molecule has 1 fully saturated rings. The Hall–Kier alpha value is -1.34. The number of nitrogens with zero attached hydrogens (tertiary/aromatic N) is 1. The molecule has 134 valence electrons. The fourth-order valence-corrected chi connectivity index (χ4v) is 2.75. The van der Waals surface area contributed by atoms with Gasteiger partial charge in [0.05, 0.1) is 18.8 Å². The summed E-state index contributed by atoms with van der Waals surface area (Å²) in [5.41, 5.74) is 0. The minimum Gasteiger partial charge on any atom is -0.450 e. The maximum Gasteiger partial charge on any atom is 0.407 e. The van der Waals surface area contributed by atoms with Gasteiger partial charge in [0.25, 0.3) is 0 Å². The molecule has 0 aromatic carbocycles. The van der Waals surface area contributed by atoms with Crippen molar-refractivity contribution in [3.63, 3.8) is 0 Å². The highest BCUT2D eigenvalue weighted by Crippen LogP contribution is 2.09. The first kappa shape index (κ1) is 19.7. The van der Waals surface area contributed by atoms with Crippen molar-refractivity contribution in [2.24, 2.45) is 5.92 Å². The lowest BCUT2D eigenvalue weighted by atomic mass is 10.0. The Morgan fingerprint density at radius 3 is 2.39 bits per heavy atom. The molecule has 1 saturated heterocycles. The van der Waals surface area contributed by atoms with Crippen molar-refractivity contribution in [3.8, 4) is 0 Å². The van der Waals surface area contributed by atoms with E-state index in [1.54, 1.807) is 6.92 Å². The van der Waals surface area contributed by atoms with Crippen LogP contribution in [0.25, 0.3) is 0 Å². The number of hydrogen-bond donors (Lipinski definition) is 2. The summed E-state index contributed by atoms with van der Waals surface area (Å²) in [5.74, 6) is -0.190. The Kier molecular flexibility index (Phi) is 8.33. The number of carbonyl (C=O) groups excluding carboxylic acids is 2. The van der Waals surface area contributed by atoms with Gasteiger partial charge in [0, 0.05) is 26.2 Å². The van der Waals surface area contributed by atoms with Crippen LogP contribution in [0.4, 0.5) is 4.79 Å². The predicted molar refractivity (Wildman–Crippen MR) is 88.2 cm³/mol. The highest BCUT2D eigenvalue weighted by molar-refractivity contribution is 5.85. The molecular formula is C16H31N3O4. The van der Waals surface area contributed by atoms with Crippen LogP contribution in [0.3, 0.4) is 0 Å². The molecule has 0 radical (unpaired) electrons. The molecule has 7 heteroatoms. The number of rotatable bonds is 7. The third kappa shape index (κ3) is 7.18. The maximum absolute atomic E-state index is 12.3. The third-order valence-electron chi connectivity index (χ3n) is 3.72. The Bertz CT molecular complexity index is 380. The molecule has 1 heterocycles. The number of nitrogens with one attached hydrogen (secondary N) is 2. The third-order valence-corrected chi connectivity index (χ3v) is 3.72. The second-order valence-electron chi connectivity index (χ2n) is 6.39. The zero-order chi connectivity index (χ0) is 17.4. The SMILES string of the molecule is CCOC(=O)NC(C(=O)NCCN1CC(C)OC(C)C1)C(C)C. The number of carbonyl (C=O) groups is 2. The van der Waals surface area contributed by atoms with Crippen molar-refractivity contribution in [2.75, 3.05) is 32.8 Å². The first-order chi connectivity index (χ1) is 10.8. The molecule has 2 amide bonds. The molecule has 0 saturated carbocycles. The van der Waals surface area contributed by atoms with E-state index in [-0.39, 0.29) is 30.6 Å². The molecule has 1 aliphatic rings. The molecule has 0 bridgehead atoms. The minimum absolute atomic E-state index is 0.0113. The average Bonchev–Trinajstić information content (AvgIpc) is 2.43. The molecular weight excluding hydrogens is 298 g/mol. The number of hydrogen-bond acceptors (Lipinski definition) is 5. The van der Waals surface area contributed by atoms with Gasteiger partial charge in [-0.1, -0.05) is 13.8 Å². The van der Waals surface area contributed by atoms with E-state index < -0.39 is 12.1 Å². The summed E-state index contributed by atoms with van der Waals surface area (Å²) in [6.45, 7) is 13.0. The Labute approximate surface area is 139 Å². The summed E-state index contributed by atoms with van der Waals surface area (Å²) in [7, 11) is 0. The molecule has 23 heavy (non-hydrogen) atoms. The molecule has 2 N–H and O–H groups in total. The smallest absolute Gasteiger partial charge is 0.407 e. The van der Waals surface area contributed by atoms with Gasteiger partial charge in [0.1, 0.15) is 6.04 Å². The summed E-state index contributed by atoms with van der Waals surface area (Å²) in [6, 6.07) is -0.586. The zero-order valence-corrected chi connectivity index (χ0v) is 14.9. The minimum atomic E-state index is -0.586. The topological polar surface area (TPSA) is 79.9 Å². The lowest BCUT2D eigenvalue weighted by Crippen LogP contribution is -2.52. The van der Waals surface area contributed by atoms with Crippen LogP contribution in [0.5, 0.6) is 0 Å². The van der Waals surface area contributed by atoms with E-state index in [9.17, 15) is 9.59 Å². The van der Waals surface area contributed by atoms with Gasteiger partial charge < -0.3 is 20.1 Å². The van der Waals surface area contributed by atoms with E-state index in [2.05, 4.69) is 29.4 Å². The van der Waals surface area contributed by atoms with Crippen LogP contribution in [-0.2, 0) is 14.3 Å². The summed E-state index contributed by atoms with van der Waals surface area (Å²) in [4.78, 5) is 26.1. The van der Waals surface area contributed by atoms with Crippen LogP contribution >= 0.6 is 0 Å². The van der Waals surface area contributed by atoms with Gasteiger partial charge in [-0.3, -0.25) is 9.69 Å². The Morgan fingerprint density at radius 1 is 1.26 bits per heavy atom. The molecule has 1 rings (SSSR count). The predicted octanol–water partition coefficient (Wildman–Crippen LogP) is 0.983. The lowest BCUT2D eigenvalue weighted by molar-refractivity contribution is -0.124. The Balaban J connectivity index is 2.38. The summed E-state index contributed by atoms with van der Waals surface area (Å²) in [5, 5.41) is 5.51. The first-order valence-electron chi connectivity index (χ1n) is 8.42. The summed E-state index contributed by atoms with van der Waals surface area (Å²) < 4.78 is 10.5. The van der Waals surface area contributed by atoms with E-state index >= 15 is 0 Å². The van der Waals surface area contributed by atoms with Gasteiger partial charge in [0.2, 0.25) is 5.91 Å². The molecule has 1 aliphatic heterocycles. The standard InChI is InChI=1S/C16H31N3O4/c1-6-22-16(21)18-14(11(2)3)15(20)17-7-8-19-9-12(4)23-13(5)10-19/h11-14H,6-10H2,1-5H3,(H,17,20)(H,18,21). The van der Waals surface area contributed by atoms with Crippen LogP contribution in [0.2, 0.25) is 0 Å². The van der Waals surface area contributed by atoms with E-state index in [0.717, 1.165) is 19.6 Å². The van der Waals surface area contributed by atoms with E-state index in [0.29, 0.717) is 6.54 Å². The summed E-state index contributed by atoms with van der Waals surface area (Å²) in [6.07, 6.45) is -0.135. The van der Waals surface area contributed by atoms with Crippen LogP contribution in [0.15, 0.2) is 0 Å². The highest BCUT2D eigenvalue weighted by Gasteiger charge is 2.25. The van der Waals surface area contributed by atoms with Gasteiger partial charge in [0.15, 0.2) is 0 Å². The molecule has 0 aliphatic carbocycles. The van der Waals surface area contributed by atoms with Crippen LogP contribution < -0.4 is 10.6 Å². The molecule has 0 aromatic rings. The van der Waals surface area contributed by atoms with Gasteiger partial charge in [-0.15, -0.1) is 0 Å². The van der Waals surface area contributed by atoms with E-state index in [4.69, 9.17) is 9.47 Å². The quantitative estimate of drug-likeness (QED) is 0.728. The molecule has 3 atom stereocenters. The lowest BCUT2D eigenvalue weighted by Gasteiger charge is -2.35. The Morgan fingerprint density at radius 2 is 1.87 bits per heavy atom. The van der Waals surface area contributed by atoms with Gasteiger partial charge in [-0.25, -0.2) is 4.79 Å². The molecule has 0 aromatic heterocycles. The van der Waals surface area contributed by atoms with Crippen molar-refractivity contribution in [3.05, 3.63) is 0 Å². The summed E-state index contributed by atoms with van der Waals surface area (Å²) >= 11 is 0.